The zero-order valence-corrected chi connectivity index (χ0v) is 11.9. The maximum absolute atomic E-state index is 11.8. The molecule has 0 radical (unpaired) electrons. The predicted octanol–water partition coefficient (Wildman–Crippen LogP) is 0.505. The van der Waals surface area contributed by atoms with Gasteiger partial charge in [-0.2, -0.15) is 0 Å². The van der Waals surface area contributed by atoms with Gasteiger partial charge in [-0.15, -0.1) is 0 Å². The van der Waals surface area contributed by atoms with Crippen LogP contribution in [0.15, 0.2) is 0 Å². The van der Waals surface area contributed by atoms with Crippen molar-refractivity contribution < 1.29 is 19.5 Å². The van der Waals surface area contributed by atoms with Gasteiger partial charge in [0.25, 0.3) is 0 Å². The summed E-state index contributed by atoms with van der Waals surface area (Å²) >= 11 is 0. The first kappa shape index (κ1) is 16.3. The Morgan fingerprint density at radius 2 is 1.90 bits per heavy atom. The third kappa shape index (κ3) is 5.90. The molecule has 0 atom stereocenters. The minimum atomic E-state index is -0.766. The molecule has 0 spiro atoms. The van der Waals surface area contributed by atoms with Gasteiger partial charge in [-0.25, -0.2) is 4.79 Å². The van der Waals surface area contributed by atoms with Crippen LogP contribution in [0.5, 0.6) is 0 Å². The maximum atomic E-state index is 11.8. The van der Waals surface area contributed by atoms with E-state index in [4.69, 9.17) is 5.11 Å². The zero-order chi connectivity index (χ0) is 15.0. The highest BCUT2D eigenvalue weighted by Crippen LogP contribution is 2.03. The van der Waals surface area contributed by atoms with Crippen LogP contribution in [0.1, 0.15) is 32.1 Å². The van der Waals surface area contributed by atoms with Gasteiger partial charge in [0.15, 0.2) is 0 Å². The summed E-state index contributed by atoms with van der Waals surface area (Å²) in [5, 5.41) is 11.3. The molecule has 0 aromatic rings. The van der Waals surface area contributed by atoms with Crippen molar-refractivity contribution in [2.24, 2.45) is 0 Å². The normalized spacial score (nSPS) is 15.3. The van der Waals surface area contributed by atoms with E-state index in [1.807, 2.05) is 0 Å². The number of hydrogen-bond donors (Lipinski definition) is 2. The van der Waals surface area contributed by atoms with Crippen LogP contribution in [0.4, 0.5) is 4.79 Å². The fourth-order valence-electron chi connectivity index (χ4n) is 1.99. The van der Waals surface area contributed by atoms with Crippen LogP contribution in [0, 0.1) is 0 Å². The summed E-state index contributed by atoms with van der Waals surface area (Å²) in [5.74, 6) is -0.807. The van der Waals surface area contributed by atoms with E-state index in [0.717, 1.165) is 19.3 Å². The number of carbonyl (C=O) groups excluding carboxylic acids is 2. The molecule has 0 aromatic carbocycles. The molecule has 0 unspecified atom stereocenters. The molecular weight excluding hydrogens is 262 g/mol. The van der Waals surface area contributed by atoms with Crippen LogP contribution in [0.25, 0.3) is 0 Å². The number of carboxylic acid groups (broad SMARTS) is 1. The minimum Gasteiger partial charge on any atom is -0.481 e. The van der Waals surface area contributed by atoms with E-state index < -0.39 is 5.97 Å². The minimum absolute atomic E-state index is 0.0416. The third-order valence-electron chi connectivity index (χ3n) is 3.34. The Morgan fingerprint density at radius 1 is 1.20 bits per heavy atom. The molecule has 2 N–H and O–H groups in total. The largest absolute Gasteiger partial charge is 0.481 e. The van der Waals surface area contributed by atoms with E-state index in [-0.39, 0.29) is 24.9 Å². The standard InChI is InChI=1S/C13H23N3O4/c1-15-8-9-16(10-11(15)17)13(20)14-7-5-3-2-4-6-12(18)19/h2-10H2,1H3,(H,14,20)(H,18,19). The zero-order valence-electron chi connectivity index (χ0n) is 11.9. The highest BCUT2D eigenvalue weighted by atomic mass is 16.4. The number of piperazine rings is 1. The Labute approximate surface area is 118 Å². The highest BCUT2D eigenvalue weighted by molar-refractivity contribution is 5.85. The van der Waals surface area contributed by atoms with E-state index in [2.05, 4.69) is 5.32 Å². The van der Waals surface area contributed by atoms with Crippen LogP contribution in [0.2, 0.25) is 0 Å². The summed E-state index contributed by atoms with van der Waals surface area (Å²) in [5.41, 5.74) is 0. The lowest BCUT2D eigenvalue weighted by molar-refractivity contribution is -0.137. The van der Waals surface area contributed by atoms with Crippen molar-refractivity contribution in [1.82, 2.24) is 15.1 Å². The molecule has 0 bridgehead atoms. The number of carbonyl (C=O) groups is 3. The monoisotopic (exact) mass is 285 g/mol. The molecule has 20 heavy (non-hydrogen) atoms. The second-order valence-corrected chi connectivity index (χ2v) is 5.03. The molecule has 0 aliphatic carbocycles. The first-order valence-corrected chi connectivity index (χ1v) is 6.99. The Balaban J connectivity index is 2.06. The Kier molecular flexibility index (Phi) is 6.83. The summed E-state index contributed by atoms with van der Waals surface area (Å²) in [6.07, 6.45) is 3.46. The number of amides is 3. The fourth-order valence-corrected chi connectivity index (χ4v) is 1.99. The van der Waals surface area contributed by atoms with Crippen LogP contribution >= 0.6 is 0 Å². The van der Waals surface area contributed by atoms with Crippen molar-refractivity contribution in [1.29, 1.82) is 0 Å². The van der Waals surface area contributed by atoms with Crippen LogP contribution in [-0.2, 0) is 9.59 Å². The van der Waals surface area contributed by atoms with Crippen molar-refractivity contribution in [2.75, 3.05) is 33.2 Å². The lowest BCUT2D eigenvalue weighted by Crippen LogP contribution is -2.53. The van der Waals surface area contributed by atoms with Crippen molar-refractivity contribution >= 4 is 17.9 Å². The molecule has 7 nitrogen and oxygen atoms in total. The van der Waals surface area contributed by atoms with Crippen molar-refractivity contribution in [2.45, 2.75) is 32.1 Å². The number of nitrogens with one attached hydrogen (secondary N) is 1. The van der Waals surface area contributed by atoms with Crippen LogP contribution < -0.4 is 5.32 Å². The average molecular weight is 285 g/mol. The van der Waals surface area contributed by atoms with Gasteiger partial charge in [0, 0.05) is 33.1 Å². The SMILES string of the molecule is CN1CCN(C(=O)NCCCCCCC(=O)O)CC1=O. The van der Waals surface area contributed by atoms with Gasteiger partial charge in [0.2, 0.25) is 5.91 Å². The van der Waals surface area contributed by atoms with Gasteiger partial charge in [-0.05, 0) is 12.8 Å². The van der Waals surface area contributed by atoms with Gasteiger partial charge in [-0.3, -0.25) is 9.59 Å². The van der Waals surface area contributed by atoms with Gasteiger partial charge in [0.05, 0.1) is 0 Å². The first-order valence-electron chi connectivity index (χ1n) is 6.99. The third-order valence-corrected chi connectivity index (χ3v) is 3.34. The molecule has 0 saturated carbocycles. The van der Waals surface area contributed by atoms with Crippen molar-refractivity contribution in [3.8, 4) is 0 Å². The smallest absolute Gasteiger partial charge is 0.317 e. The van der Waals surface area contributed by atoms with Crippen molar-refractivity contribution in [3.63, 3.8) is 0 Å². The first-order chi connectivity index (χ1) is 9.50. The Bertz CT molecular complexity index is 360. The number of nitrogens with zero attached hydrogens (tertiary/aromatic N) is 2. The second kappa shape index (κ2) is 8.39. The molecular formula is C13H23N3O4. The maximum Gasteiger partial charge on any atom is 0.317 e. The predicted molar refractivity (Wildman–Crippen MR) is 73.3 cm³/mol. The van der Waals surface area contributed by atoms with E-state index in [0.29, 0.717) is 26.1 Å². The summed E-state index contributed by atoms with van der Waals surface area (Å²) < 4.78 is 0. The number of urea groups is 1. The summed E-state index contributed by atoms with van der Waals surface area (Å²) in [4.78, 5) is 36.7. The number of carboxylic acids is 1. The van der Waals surface area contributed by atoms with Gasteiger partial charge < -0.3 is 20.2 Å². The van der Waals surface area contributed by atoms with Crippen LogP contribution in [-0.4, -0.2) is 66.0 Å². The highest BCUT2D eigenvalue weighted by Gasteiger charge is 2.24. The molecule has 1 fully saturated rings. The number of likely N-dealkylation sites (N-methyl/N-ethyl adjacent to an activating group) is 1. The molecule has 1 rings (SSSR count). The van der Waals surface area contributed by atoms with E-state index >= 15 is 0 Å². The number of rotatable bonds is 7. The molecule has 1 heterocycles. The molecule has 114 valence electrons. The number of aliphatic carboxylic acids is 1. The van der Waals surface area contributed by atoms with Crippen LogP contribution in [0.3, 0.4) is 0 Å². The van der Waals surface area contributed by atoms with E-state index in [1.165, 1.54) is 4.90 Å². The van der Waals surface area contributed by atoms with Crippen molar-refractivity contribution in [3.05, 3.63) is 0 Å². The average Bonchev–Trinajstić information content (AvgIpc) is 2.40. The topological polar surface area (TPSA) is 89.9 Å². The lowest BCUT2D eigenvalue weighted by Gasteiger charge is -2.31. The summed E-state index contributed by atoms with van der Waals surface area (Å²) in [6, 6.07) is -0.197. The molecule has 1 saturated heterocycles. The van der Waals surface area contributed by atoms with Gasteiger partial charge >= 0.3 is 12.0 Å². The Morgan fingerprint density at radius 3 is 2.55 bits per heavy atom. The number of unbranched alkanes of at least 4 members (excludes halogenated alkanes) is 3. The summed E-state index contributed by atoms with van der Waals surface area (Å²) in [7, 11) is 1.73. The summed E-state index contributed by atoms with van der Waals surface area (Å²) in [6.45, 7) is 1.83. The van der Waals surface area contributed by atoms with E-state index in [1.54, 1.807) is 11.9 Å². The lowest BCUT2D eigenvalue weighted by atomic mass is 10.1. The molecule has 3 amide bonds. The quantitative estimate of drug-likeness (QED) is 0.667. The van der Waals surface area contributed by atoms with E-state index in [9.17, 15) is 14.4 Å². The Hall–Kier alpha value is -1.79. The van der Waals surface area contributed by atoms with Gasteiger partial charge in [-0.1, -0.05) is 12.8 Å². The fraction of sp³-hybridized carbons (Fsp3) is 0.769. The van der Waals surface area contributed by atoms with Gasteiger partial charge in [0.1, 0.15) is 6.54 Å². The second-order valence-electron chi connectivity index (χ2n) is 5.03. The molecule has 0 aromatic heterocycles. The number of hydrogen-bond acceptors (Lipinski definition) is 3. The molecule has 1 aliphatic rings. The molecule has 7 heteroatoms. The molecule has 1 aliphatic heterocycles.